The minimum Gasteiger partial charge on any atom is -0.349 e. The Balaban J connectivity index is 2.09. The number of benzene rings is 1. The van der Waals surface area contributed by atoms with Crippen molar-refractivity contribution in [3.05, 3.63) is 28.8 Å². The molecule has 20 heavy (non-hydrogen) atoms. The summed E-state index contributed by atoms with van der Waals surface area (Å²) >= 11 is 5.99. The molecule has 1 aliphatic rings. The fourth-order valence-corrected chi connectivity index (χ4v) is 3.14. The van der Waals surface area contributed by atoms with Crippen LogP contribution in [-0.2, 0) is 10.0 Å². The lowest BCUT2D eigenvalue weighted by molar-refractivity contribution is 0.0938. The van der Waals surface area contributed by atoms with Gasteiger partial charge in [-0.2, -0.15) is 0 Å². The monoisotopic (exact) mass is 316 g/mol. The van der Waals surface area contributed by atoms with Crippen LogP contribution in [-0.4, -0.2) is 26.6 Å². The topological polar surface area (TPSA) is 75.3 Å². The lowest BCUT2D eigenvalue weighted by Gasteiger charge is -2.13. The highest BCUT2D eigenvalue weighted by atomic mass is 35.5. The number of rotatable bonds is 4. The molecule has 0 saturated heterocycles. The SMILES string of the molecule is CS(=O)(=O)Nc1ccc(C(=O)NC2CCCC2)cc1Cl. The van der Waals surface area contributed by atoms with E-state index in [-0.39, 0.29) is 22.7 Å². The molecule has 0 bridgehead atoms. The molecule has 110 valence electrons. The van der Waals surface area contributed by atoms with Crippen LogP contribution in [0.4, 0.5) is 5.69 Å². The highest BCUT2D eigenvalue weighted by Gasteiger charge is 2.18. The molecule has 1 aromatic carbocycles. The third-order valence-electron chi connectivity index (χ3n) is 3.22. The summed E-state index contributed by atoms with van der Waals surface area (Å²) in [5, 5.41) is 3.16. The van der Waals surface area contributed by atoms with Gasteiger partial charge in [-0.3, -0.25) is 9.52 Å². The van der Waals surface area contributed by atoms with Gasteiger partial charge >= 0.3 is 0 Å². The molecule has 7 heteroatoms. The van der Waals surface area contributed by atoms with Crippen molar-refractivity contribution in [2.24, 2.45) is 0 Å². The quantitative estimate of drug-likeness (QED) is 0.895. The Morgan fingerprint density at radius 3 is 2.50 bits per heavy atom. The van der Waals surface area contributed by atoms with Gasteiger partial charge in [-0.25, -0.2) is 8.42 Å². The number of carbonyl (C=O) groups excluding carboxylic acids is 1. The van der Waals surface area contributed by atoms with Crippen molar-refractivity contribution in [3.8, 4) is 0 Å². The van der Waals surface area contributed by atoms with E-state index in [9.17, 15) is 13.2 Å². The molecule has 0 spiro atoms. The number of hydrogen-bond acceptors (Lipinski definition) is 3. The van der Waals surface area contributed by atoms with Gasteiger partial charge in [0.2, 0.25) is 10.0 Å². The Morgan fingerprint density at radius 1 is 1.30 bits per heavy atom. The van der Waals surface area contributed by atoms with Crippen molar-refractivity contribution >= 4 is 33.2 Å². The van der Waals surface area contributed by atoms with E-state index < -0.39 is 10.0 Å². The van der Waals surface area contributed by atoms with Crippen LogP contribution in [0.25, 0.3) is 0 Å². The standard InChI is InChI=1S/C13H17ClN2O3S/c1-20(18,19)16-12-7-6-9(8-11(12)14)13(17)15-10-4-2-3-5-10/h6-8,10,16H,2-5H2,1H3,(H,15,17). The van der Waals surface area contributed by atoms with Crippen LogP contribution < -0.4 is 10.0 Å². The van der Waals surface area contributed by atoms with E-state index in [1.807, 2.05) is 0 Å². The molecule has 0 unspecified atom stereocenters. The van der Waals surface area contributed by atoms with Gasteiger partial charge < -0.3 is 5.32 Å². The second-order valence-corrected chi connectivity index (χ2v) is 7.18. The van der Waals surface area contributed by atoms with Gasteiger partial charge in [0.25, 0.3) is 5.91 Å². The third-order valence-corrected chi connectivity index (χ3v) is 4.12. The molecule has 0 heterocycles. The molecule has 1 amide bonds. The van der Waals surface area contributed by atoms with E-state index in [1.165, 1.54) is 12.1 Å². The Labute approximate surface area is 123 Å². The van der Waals surface area contributed by atoms with Crippen LogP contribution in [0.15, 0.2) is 18.2 Å². The number of anilines is 1. The third kappa shape index (κ3) is 4.11. The molecule has 0 atom stereocenters. The van der Waals surface area contributed by atoms with Crippen molar-refractivity contribution in [2.45, 2.75) is 31.7 Å². The van der Waals surface area contributed by atoms with Gasteiger partial charge in [0.1, 0.15) is 0 Å². The summed E-state index contributed by atoms with van der Waals surface area (Å²) in [6.45, 7) is 0. The van der Waals surface area contributed by atoms with E-state index in [4.69, 9.17) is 11.6 Å². The first kappa shape index (κ1) is 15.1. The Hall–Kier alpha value is -1.27. The Morgan fingerprint density at radius 2 is 1.95 bits per heavy atom. The molecule has 0 aromatic heterocycles. The molecule has 0 radical (unpaired) electrons. The van der Waals surface area contributed by atoms with Gasteiger partial charge in [-0.1, -0.05) is 24.4 Å². The van der Waals surface area contributed by atoms with E-state index in [1.54, 1.807) is 6.07 Å². The van der Waals surface area contributed by atoms with Crippen molar-refractivity contribution < 1.29 is 13.2 Å². The van der Waals surface area contributed by atoms with E-state index in [2.05, 4.69) is 10.0 Å². The first-order valence-electron chi connectivity index (χ1n) is 6.43. The number of nitrogens with one attached hydrogen (secondary N) is 2. The van der Waals surface area contributed by atoms with Crippen molar-refractivity contribution in [1.82, 2.24) is 5.32 Å². The van der Waals surface area contributed by atoms with E-state index >= 15 is 0 Å². The predicted octanol–water partition coefficient (Wildman–Crippen LogP) is 2.38. The normalized spacial score (nSPS) is 16.1. The first-order valence-corrected chi connectivity index (χ1v) is 8.70. The largest absolute Gasteiger partial charge is 0.349 e. The molecule has 0 aliphatic heterocycles. The highest BCUT2D eigenvalue weighted by molar-refractivity contribution is 7.92. The van der Waals surface area contributed by atoms with Crippen LogP contribution in [0.5, 0.6) is 0 Å². The fourth-order valence-electron chi connectivity index (χ4n) is 2.28. The summed E-state index contributed by atoms with van der Waals surface area (Å²) in [6, 6.07) is 4.76. The van der Waals surface area contributed by atoms with Gasteiger partial charge in [0, 0.05) is 11.6 Å². The smallest absolute Gasteiger partial charge is 0.251 e. The number of amides is 1. The Kier molecular flexibility index (Phi) is 4.55. The number of sulfonamides is 1. The summed E-state index contributed by atoms with van der Waals surface area (Å²) in [5.41, 5.74) is 0.701. The maximum atomic E-state index is 12.0. The average molecular weight is 317 g/mol. The second-order valence-electron chi connectivity index (χ2n) is 5.02. The van der Waals surface area contributed by atoms with Crippen LogP contribution >= 0.6 is 11.6 Å². The van der Waals surface area contributed by atoms with Crippen molar-refractivity contribution in [2.75, 3.05) is 11.0 Å². The summed E-state index contributed by atoms with van der Waals surface area (Å²) < 4.78 is 24.6. The molecule has 1 aromatic rings. The molecule has 1 saturated carbocycles. The van der Waals surface area contributed by atoms with E-state index in [0.717, 1.165) is 31.9 Å². The molecule has 2 rings (SSSR count). The average Bonchev–Trinajstić information content (AvgIpc) is 2.83. The molecular weight excluding hydrogens is 300 g/mol. The second kappa shape index (κ2) is 6.01. The summed E-state index contributed by atoms with van der Waals surface area (Å²) in [6.07, 6.45) is 5.34. The van der Waals surface area contributed by atoms with E-state index in [0.29, 0.717) is 5.56 Å². The minimum absolute atomic E-state index is 0.176. The van der Waals surface area contributed by atoms with Gasteiger partial charge in [0.05, 0.1) is 17.0 Å². The molecule has 1 fully saturated rings. The first-order chi connectivity index (χ1) is 9.35. The number of carbonyl (C=O) groups is 1. The van der Waals surface area contributed by atoms with Crippen LogP contribution in [0.3, 0.4) is 0 Å². The summed E-state index contributed by atoms with van der Waals surface area (Å²) in [4.78, 5) is 12.0. The maximum absolute atomic E-state index is 12.0. The molecule has 2 N–H and O–H groups in total. The zero-order valence-electron chi connectivity index (χ0n) is 11.1. The molecule has 5 nitrogen and oxygen atoms in total. The molecule has 1 aliphatic carbocycles. The van der Waals surface area contributed by atoms with Gasteiger partial charge in [0.15, 0.2) is 0 Å². The zero-order valence-corrected chi connectivity index (χ0v) is 12.7. The number of hydrogen-bond donors (Lipinski definition) is 2. The van der Waals surface area contributed by atoms with Crippen LogP contribution in [0, 0.1) is 0 Å². The minimum atomic E-state index is -3.39. The number of halogens is 1. The fraction of sp³-hybridized carbons (Fsp3) is 0.462. The maximum Gasteiger partial charge on any atom is 0.251 e. The highest BCUT2D eigenvalue weighted by Crippen LogP contribution is 2.24. The predicted molar refractivity (Wildman–Crippen MR) is 79.6 cm³/mol. The summed E-state index contributed by atoms with van der Waals surface area (Å²) in [5.74, 6) is -0.176. The van der Waals surface area contributed by atoms with Crippen LogP contribution in [0.1, 0.15) is 36.0 Å². The lowest BCUT2D eigenvalue weighted by Crippen LogP contribution is -2.32. The van der Waals surface area contributed by atoms with Crippen LogP contribution in [0.2, 0.25) is 5.02 Å². The Bertz CT molecular complexity index is 610. The van der Waals surface area contributed by atoms with Gasteiger partial charge in [-0.15, -0.1) is 0 Å². The molecular formula is C13H17ClN2O3S. The zero-order chi connectivity index (χ0) is 14.8. The van der Waals surface area contributed by atoms with Gasteiger partial charge in [-0.05, 0) is 31.0 Å². The lowest BCUT2D eigenvalue weighted by atomic mass is 10.1. The van der Waals surface area contributed by atoms with Crippen molar-refractivity contribution in [3.63, 3.8) is 0 Å². The van der Waals surface area contributed by atoms with Crippen molar-refractivity contribution in [1.29, 1.82) is 0 Å². The summed E-state index contributed by atoms with van der Waals surface area (Å²) in [7, 11) is -3.39.